The van der Waals surface area contributed by atoms with E-state index >= 15 is 0 Å². The standard InChI is InChI=1S/C21H22N2O5S.Na.H2O.H/c1-4-28-13-10-9-11-7-5-6-8-12(11)14(13)17(24)22-15-18(25)23-16(20(26)27)21(2,3)29-19(15)23;;;/h5-10,15-16,19H,4H2,1-3H3,(H,22,24)(H,26,27);;1H2;/t15-,16+,19-;;;/m1.../s1. The summed E-state index contributed by atoms with van der Waals surface area (Å²) in [5, 5.41) is 13.6. The number of amides is 2. The zero-order chi connectivity index (χ0) is 20.9. The molecule has 2 fully saturated rings. The molecule has 2 aliphatic rings. The molecule has 2 aromatic carbocycles. The molecule has 0 unspecified atom stereocenters. The molecule has 0 bridgehead atoms. The third kappa shape index (κ3) is 4.17. The number of β-lactam (4-membered cyclic amide) rings is 1. The number of ether oxygens (including phenoxy) is 1. The van der Waals surface area contributed by atoms with Crippen LogP contribution >= 0.6 is 11.8 Å². The maximum absolute atomic E-state index is 13.2. The molecule has 162 valence electrons. The van der Waals surface area contributed by atoms with E-state index in [2.05, 4.69) is 5.32 Å². The van der Waals surface area contributed by atoms with Gasteiger partial charge in [0.25, 0.3) is 5.91 Å². The summed E-state index contributed by atoms with van der Waals surface area (Å²) in [5.74, 6) is -1.35. The van der Waals surface area contributed by atoms with Crippen LogP contribution < -0.4 is 10.1 Å². The average Bonchev–Trinajstić information content (AvgIpc) is 2.94. The van der Waals surface area contributed by atoms with Crippen molar-refractivity contribution < 1.29 is 29.7 Å². The Labute approximate surface area is 206 Å². The topological polar surface area (TPSA) is 127 Å². The Morgan fingerprint density at radius 2 is 1.90 bits per heavy atom. The number of fused-ring (bicyclic) bond motifs is 2. The van der Waals surface area contributed by atoms with Gasteiger partial charge in [-0.1, -0.05) is 30.3 Å². The molecule has 2 aliphatic heterocycles. The van der Waals surface area contributed by atoms with E-state index in [9.17, 15) is 19.5 Å². The minimum absolute atomic E-state index is 0. The molecule has 0 aromatic heterocycles. The van der Waals surface area contributed by atoms with Crippen LogP contribution in [0.4, 0.5) is 0 Å². The van der Waals surface area contributed by atoms with E-state index in [4.69, 9.17) is 4.74 Å². The Bertz CT molecular complexity index is 1030. The van der Waals surface area contributed by atoms with Gasteiger partial charge in [-0.25, -0.2) is 4.79 Å². The van der Waals surface area contributed by atoms with E-state index in [-0.39, 0.29) is 40.9 Å². The van der Waals surface area contributed by atoms with Crippen LogP contribution in [-0.2, 0) is 9.59 Å². The fourth-order valence-corrected chi connectivity index (χ4v) is 5.75. The van der Waals surface area contributed by atoms with Gasteiger partial charge in [-0.15, -0.1) is 11.8 Å². The Morgan fingerprint density at radius 3 is 2.55 bits per heavy atom. The molecule has 0 radical (unpaired) electrons. The normalized spacial score (nSPS) is 23.1. The Morgan fingerprint density at radius 1 is 1.23 bits per heavy atom. The number of benzene rings is 2. The number of rotatable bonds is 5. The molecule has 4 N–H and O–H groups in total. The number of carbonyl (C=O) groups is 3. The van der Waals surface area contributed by atoms with Gasteiger partial charge in [-0.2, -0.15) is 0 Å². The SMILES string of the molecule is CCOc1ccc2ccccc2c1C(=O)N[C@@H]1C(=O)N2[C@@H]1SC(C)(C)[C@@H]2C(=O)O.O.[NaH]. The van der Waals surface area contributed by atoms with Gasteiger partial charge in [-0.05, 0) is 37.6 Å². The molecule has 0 spiro atoms. The van der Waals surface area contributed by atoms with Crippen LogP contribution in [0.25, 0.3) is 10.8 Å². The number of carboxylic acids is 1. The van der Waals surface area contributed by atoms with Gasteiger partial charge < -0.3 is 25.5 Å². The van der Waals surface area contributed by atoms with Gasteiger partial charge in [0.15, 0.2) is 0 Å². The summed E-state index contributed by atoms with van der Waals surface area (Å²) in [4.78, 5) is 38.9. The Balaban J connectivity index is 0.00000171. The summed E-state index contributed by atoms with van der Waals surface area (Å²) < 4.78 is 5.02. The van der Waals surface area contributed by atoms with Crippen molar-refractivity contribution in [3.05, 3.63) is 42.0 Å². The fourth-order valence-electron chi connectivity index (χ4n) is 4.12. The number of nitrogens with zero attached hydrogens (tertiary/aromatic N) is 1. The van der Waals surface area contributed by atoms with Crippen molar-refractivity contribution >= 4 is 69.9 Å². The van der Waals surface area contributed by atoms with Gasteiger partial charge in [0.1, 0.15) is 23.2 Å². The number of aliphatic carboxylic acids is 1. The van der Waals surface area contributed by atoms with Crippen molar-refractivity contribution in [2.75, 3.05) is 6.61 Å². The van der Waals surface area contributed by atoms with Gasteiger partial charge >= 0.3 is 35.5 Å². The fraction of sp³-hybridized carbons (Fsp3) is 0.381. The quantitative estimate of drug-likeness (QED) is 0.511. The van der Waals surface area contributed by atoms with Gasteiger partial charge in [0.2, 0.25) is 5.91 Å². The van der Waals surface area contributed by atoms with Crippen molar-refractivity contribution in [2.45, 2.75) is 43.0 Å². The van der Waals surface area contributed by atoms with Crippen molar-refractivity contribution in [3.63, 3.8) is 0 Å². The molecule has 2 heterocycles. The second kappa shape index (κ2) is 9.38. The van der Waals surface area contributed by atoms with Crippen LogP contribution in [0, 0.1) is 0 Å². The van der Waals surface area contributed by atoms with Crippen LogP contribution in [0.2, 0.25) is 0 Å². The second-order valence-corrected chi connectivity index (χ2v) is 9.41. The summed E-state index contributed by atoms with van der Waals surface area (Å²) in [7, 11) is 0. The van der Waals surface area contributed by atoms with Crippen molar-refractivity contribution in [2.24, 2.45) is 0 Å². The number of hydrogen-bond donors (Lipinski definition) is 2. The van der Waals surface area contributed by atoms with E-state index in [1.54, 1.807) is 19.9 Å². The third-order valence-corrected chi connectivity index (χ3v) is 6.95. The predicted molar refractivity (Wildman–Crippen MR) is 121 cm³/mol. The number of nitrogens with one attached hydrogen (secondary N) is 1. The molecule has 0 saturated carbocycles. The third-order valence-electron chi connectivity index (χ3n) is 5.38. The monoisotopic (exact) mass is 456 g/mol. The van der Waals surface area contributed by atoms with Crippen molar-refractivity contribution in [1.82, 2.24) is 10.2 Å². The summed E-state index contributed by atoms with van der Waals surface area (Å²) in [6, 6.07) is 9.46. The number of carbonyl (C=O) groups excluding carboxylic acids is 2. The van der Waals surface area contributed by atoms with Gasteiger partial charge in [0.05, 0.1) is 12.2 Å². The molecule has 8 nitrogen and oxygen atoms in total. The average molecular weight is 456 g/mol. The van der Waals surface area contributed by atoms with E-state index < -0.39 is 34.1 Å². The molecule has 4 rings (SSSR count). The number of hydrogen-bond acceptors (Lipinski definition) is 5. The van der Waals surface area contributed by atoms with Crippen molar-refractivity contribution in [3.8, 4) is 5.75 Å². The first-order chi connectivity index (χ1) is 13.8. The molecule has 3 atom stereocenters. The summed E-state index contributed by atoms with van der Waals surface area (Å²) in [6.45, 7) is 5.85. The zero-order valence-electron chi connectivity index (χ0n) is 16.8. The molecule has 2 saturated heterocycles. The summed E-state index contributed by atoms with van der Waals surface area (Å²) in [6.07, 6.45) is 0. The minimum atomic E-state index is -1.03. The first-order valence-corrected chi connectivity index (χ1v) is 10.3. The first-order valence-electron chi connectivity index (χ1n) is 9.44. The molecule has 31 heavy (non-hydrogen) atoms. The molecule has 2 aromatic rings. The molecule has 0 aliphatic carbocycles. The molecule has 10 heteroatoms. The van der Waals surface area contributed by atoms with Gasteiger partial charge in [0, 0.05) is 4.75 Å². The van der Waals surface area contributed by atoms with Crippen LogP contribution in [0.5, 0.6) is 5.75 Å². The Kier molecular flexibility index (Phi) is 7.71. The zero-order valence-corrected chi connectivity index (χ0v) is 17.7. The van der Waals surface area contributed by atoms with Crippen LogP contribution in [0.3, 0.4) is 0 Å². The second-order valence-electron chi connectivity index (χ2n) is 7.64. The van der Waals surface area contributed by atoms with E-state index in [1.807, 2.05) is 37.3 Å². The van der Waals surface area contributed by atoms with E-state index in [1.165, 1.54) is 16.7 Å². The number of carboxylic acid groups (broad SMARTS) is 1. The Hall–Kier alpha value is -1.78. The molecule has 2 amide bonds. The van der Waals surface area contributed by atoms with Crippen molar-refractivity contribution in [1.29, 1.82) is 0 Å². The molecular formula is C21H25N2NaO6S. The summed E-state index contributed by atoms with van der Waals surface area (Å²) in [5.41, 5.74) is 0.383. The maximum atomic E-state index is 13.2. The first kappa shape index (κ1) is 25.5. The summed E-state index contributed by atoms with van der Waals surface area (Å²) >= 11 is 1.40. The van der Waals surface area contributed by atoms with Crippen LogP contribution in [-0.4, -0.2) is 91.6 Å². The van der Waals surface area contributed by atoms with Gasteiger partial charge in [-0.3, -0.25) is 9.59 Å². The van der Waals surface area contributed by atoms with Crippen LogP contribution in [0.15, 0.2) is 36.4 Å². The van der Waals surface area contributed by atoms with E-state index in [0.29, 0.717) is 17.9 Å². The van der Waals surface area contributed by atoms with Crippen LogP contribution in [0.1, 0.15) is 31.1 Å². The van der Waals surface area contributed by atoms with E-state index in [0.717, 1.165) is 10.8 Å². The molecular weight excluding hydrogens is 431 g/mol. The number of thioether (sulfide) groups is 1. The predicted octanol–water partition coefficient (Wildman–Crippen LogP) is 1.01.